The smallest absolute Gasteiger partial charge is 0.264 e. The van der Waals surface area contributed by atoms with Gasteiger partial charge in [-0.05, 0) is 93.3 Å². The molecule has 0 fully saturated rings. The molecule has 1 N–H and O–H groups in total. The molecule has 7 nitrogen and oxygen atoms in total. The van der Waals surface area contributed by atoms with Gasteiger partial charge in [-0.3, -0.25) is 13.9 Å². The fourth-order valence-electron chi connectivity index (χ4n) is 4.00. The Hall–Kier alpha value is -3.07. The SMILES string of the molecule is CC[C@@H](C)NC(=O)[C@@H](C)N(Cc1ccccc1Cl)C(=O)CN(c1ccc(C)c(C)c1)S(=O)(=O)c1ccc(Cl)cc1. The number of anilines is 1. The minimum absolute atomic E-state index is 0.0110. The summed E-state index contributed by atoms with van der Waals surface area (Å²) in [6, 6.07) is 17.0. The molecule has 0 saturated heterocycles. The zero-order valence-electron chi connectivity index (χ0n) is 23.3. The Morgan fingerprint density at radius 3 is 2.17 bits per heavy atom. The molecular formula is C30H35Cl2N3O4S. The number of hydrogen-bond acceptors (Lipinski definition) is 4. The first-order valence-electron chi connectivity index (χ1n) is 13.0. The molecule has 2 atom stereocenters. The highest BCUT2D eigenvalue weighted by Gasteiger charge is 2.33. The Labute approximate surface area is 247 Å². The first-order chi connectivity index (χ1) is 18.8. The molecule has 0 spiro atoms. The predicted octanol–water partition coefficient (Wildman–Crippen LogP) is 6.14. The quantitative estimate of drug-likeness (QED) is 0.285. The van der Waals surface area contributed by atoms with Gasteiger partial charge in [-0.25, -0.2) is 8.42 Å². The maximum atomic E-state index is 14.0. The summed E-state index contributed by atoms with van der Waals surface area (Å²) in [4.78, 5) is 28.5. The van der Waals surface area contributed by atoms with E-state index in [4.69, 9.17) is 23.2 Å². The van der Waals surface area contributed by atoms with Gasteiger partial charge >= 0.3 is 0 Å². The zero-order chi connectivity index (χ0) is 29.6. The normalized spacial score (nSPS) is 12.9. The number of nitrogens with zero attached hydrogens (tertiary/aromatic N) is 2. The van der Waals surface area contributed by atoms with Crippen molar-refractivity contribution in [1.29, 1.82) is 0 Å². The van der Waals surface area contributed by atoms with Crippen molar-refractivity contribution in [3.63, 3.8) is 0 Å². The number of halogens is 2. The average Bonchev–Trinajstić information content (AvgIpc) is 2.92. The maximum Gasteiger partial charge on any atom is 0.264 e. The van der Waals surface area contributed by atoms with E-state index in [1.807, 2.05) is 33.8 Å². The molecule has 0 aromatic heterocycles. The Kier molecular flexibility index (Phi) is 10.6. The lowest BCUT2D eigenvalue weighted by molar-refractivity contribution is -0.139. The molecule has 0 saturated carbocycles. The first kappa shape index (κ1) is 31.5. The molecule has 214 valence electrons. The van der Waals surface area contributed by atoms with Gasteiger partial charge in [0.1, 0.15) is 12.6 Å². The Morgan fingerprint density at radius 1 is 0.925 bits per heavy atom. The van der Waals surface area contributed by atoms with Crippen LogP contribution in [-0.2, 0) is 26.2 Å². The molecule has 10 heteroatoms. The van der Waals surface area contributed by atoms with Crippen LogP contribution in [0.5, 0.6) is 0 Å². The number of benzene rings is 3. The number of nitrogens with one attached hydrogen (secondary N) is 1. The van der Waals surface area contributed by atoms with Gasteiger partial charge in [-0.2, -0.15) is 0 Å². The number of sulfonamides is 1. The third-order valence-electron chi connectivity index (χ3n) is 6.93. The number of rotatable bonds is 11. The second-order valence-corrected chi connectivity index (χ2v) is 12.5. The van der Waals surface area contributed by atoms with Crippen LogP contribution < -0.4 is 9.62 Å². The van der Waals surface area contributed by atoms with Crippen LogP contribution in [0.2, 0.25) is 10.0 Å². The van der Waals surface area contributed by atoms with Crippen molar-refractivity contribution in [3.05, 3.63) is 93.5 Å². The van der Waals surface area contributed by atoms with Crippen LogP contribution in [0.1, 0.15) is 43.9 Å². The third-order valence-corrected chi connectivity index (χ3v) is 9.33. The Balaban J connectivity index is 2.06. The van der Waals surface area contributed by atoms with Crippen LogP contribution in [-0.4, -0.2) is 43.8 Å². The molecule has 40 heavy (non-hydrogen) atoms. The summed E-state index contributed by atoms with van der Waals surface area (Å²) in [6.45, 7) is 8.75. The van der Waals surface area contributed by atoms with Crippen LogP contribution in [0.15, 0.2) is 71.6 Å². The largest absolute Gasteiger partial charge is 0.352 e. The number of carbonyl (C=O) groups is 2. The summed E-state index contributed by atoms with van der Waals surface area (Å²) >= 11 is 12.4. The highest BCUT2D eigenvalue weighted by atomic mass is 35.5. The van der Waals surface area contributed by atoms with Crippen LogP contribution in [0.3, 0.4) is 0 Å². The Morgan fingerprint density at radius 2 is 1.57 bits per heavy atom. The van der Waals surface area contributed by atoms with Crippen molar-refractivity contribution >= 4 is 50.7 Å². The van der Waals surface area contributed by atoms with E-state index in [2.05, 4.69) is 5.32 Å². The lowest BCUT2D eigenvalue weighted by Crippen LogP contribution is -2.52. The summed E-state index contributed by atoms with van der Waals surface area (Å²) in [5.41, 5.74) is 2.82. The van der Waals surface area contributed by atoms with Gasteiger partial charge in [-0.15, -0.1) is 0 Å². The minimum Gasteiger partial charge on any atom is -0.352 e. The van der Waals surface area contributed by atoms with Gasteiger partial charge in [0.2, 0.25) is 11.8 Å². The number of carbonyl (C=O) groups excluding carboxylic acids is 2. The first-order valence-corrected chi connectivity index (χ1v) is 15.2. The van der Waals surface area contributed by atoms with Crippen molar-refractivity contribution in [2.24, 2.45) is 0 Å². The number of aryl methyl sites for hydroxylation is 2. The molecule has 3 aromatic rings. The molecule has 3 rings (SSSR count). The van der Waals surface area contributed by atoms with E-state index in [0.717, 1.165) is 21.9 Å². The molecule has 0 bridgehead atoms. The van der Waals surface area contributed by atoms with Gasteiger partial charge in [0.15, 0.2) is 0 Å². The molecule has 0 radical (unpaired) electrons. The van der Waals surface area contributed by atoms with E-state index < -0.39 is 28.5 Å². The van der Waals surface area contributed by atoms with Gasteiger partial charge in [0.05, 0.1) is 10.6 Å². The molecule has 0 unspecified atom stereocenters. The van der Waals surface area contributed by atoms with Gasteiger partial charge in [0, 0.05) is 22.6 Å². The van der Waals surface area contributed by atoms with Crippen molar-refractivity contribution in [2.75, 3.05) is 10.8 Å². The molecule has 2 amide bonds. The molecule has 0 aliphatic carbocycles. The fraction of sp³-hybridized carbons (Fsp3) is 0.333. The average molecular weight is 605 g/mol. The van der Waals surface area contributed by atoms with Crippen LogP contribution in [0.25, 0.3) is 0 Å². The summed E-state index contributed by atoms with van der Waals surface area (Å²) in [5, 5.41) is 3.74. The van der Waals surface area contributed by atoms with Crippen LogP contribution in [0, 0.1) is 13.8 Å². The highest BCUT2D eigenvalue weighted by Crippen LogP contribution is 2.27. The predicted molar refractivity (Wildman–Crippen MR) is 161 cm³/mol. The second kappa shape index (κ2) is 13.5. The Bertz CT molecular complexity index is 1460. The molecule has 0 heterocycles. The van der Waals surface area contributed by atoms with Crippen molar-refractivity contribution in [2.45, 2.75) is 64.6 Å². The monoisotopic (exact) mass is 603 g/mol. The van der Waals surface area contributed by atoms with Crippen LogP contribution in [0.4, 0.5) is 5.69 Å². The summed E-state index contributed by atoms with van der Waals surface area (Å²) in [7, 11) is -4.18. The zero-order valence-corrected chi connectivity index (χ0v) is 25.6. The molecule has 0 aliphatic rings. The van der Waals surface area contributed by atoms with E-state index in [1.54, 1.807) is 43.3 Å². The van der Waals surface area contributed by atoms with E-state index in [9.17, 15) is 18.0 Å². The molecule has 0 aliphatic heterocycles. The topological polar surface area (TPSA) is 86.8 Å². The van der Waals surface area contributed by atoms with E-state index in [0.29, 0.717) is 21.3 Å². The van der Waals surface area contributed by atoms with Gasteiger partial charge < -0.3 is 10.2 Å². The van der Waals surface area contributed by atoms with Gasteiger partial charge in [0.25, 0.3) is 10.0 Å². The highest BCUT2D eigenvalue weighted by molar-refractivity contribution is 7.92. The van der Waals surface area contributed by atoms with Crippen molar-refractivity contribution in [3.8, 4) is 0 Å². The molecular weight excluding hydrogens is 569 g/mol. The lowest BCUT2D eigenvalue weighted by atomic mass is 10.1. The minimum atomic E-state index is -4.18. The summed E-state index contributed by atoms with van der Waals surface area (Å²) < 4.78 is 28.9. The number of hydrogen-bond donors (Lipinski definition) is 1. The maximum absolute atomic E-state index is 14.0. The van der Waals surface area contributed by atoms with Crippen LogP contribution >= 0.6 is 23.2 Å². The number of amides is 2. The summed E-state index contributed by atoms with van der Waals surface area (Å²) in [6.07, 6.45) is 0.719. The van der Waals surface area contributed by atoms with E-state index in [1.165, 1.54) is 29.2 Å². The standard InChI is InChI=1S/C30H35Cl2N3O4S/c1-6-22(4)33-30(37)23(5)34(18-24-9-7-8-10-28(24)32)29(36)19-35(26-14-11-20(2)21(3)17-26)40(38,39)27-15-12-25(31)13-16-27/h7-17,22-23H,6,18-19H2,1-5H3,(H,33,37)/t22-,23-/m1/s1. The van der Waals surface area contributed by atoms with Crippen molar-refractivity contribution in [1.82, 2.24) is 10.2 Å². The summed E-state index contributed by atoms with van der Waals surface area (Å²) in [5.74, 6) is -0.893. The third kappa shape index (κ3) is 7.56. The fourth-order valence-corrected chi connectivity index (χ4v) is 5.73. The van der Waals surface area contributed by atoms with E-state index in [-0.39, 0.29) is 23.4 Å². The van der Waals surface area contributed by atoms with Gasteiger partial charge in [-0.1, -0.05) is 54.4 Å². The second-order valence-electron chi connectivity index (χ2n) is 9.84. The molecule has 3 aromatic carbocycles. The van der Waals surface area contributed by atoms with E-state index >= 15 is 0 Å². The lowest BCUT2D eigenvalue weighted by Gasteiger charge is -2.32. The van der Waals surface area contributed by atoms with Crippen molar-refractivity contribution < 1.29 is 18.0 Å².